The van der Waals surface area contributed by atoms with Crippen molar-refractivity contribution in [2.24, 2.45) is 17.8 Å². The summed E-state index contributed by atoms with van der Waals surface area (Å²) in [6.45, 7) is 2.91. The van der Waals surface area contributed by atoms with Gasteiger partial charge < -0.3 is 15.3 Å². The Balaban J connectivity index is 1.66. The molecule has 0 radical (unpaired) electrons. The molecule has 5 nitrogen and oxygen atoms in total. The van der Waals surface area contributed by atoms with Gasteiger partial charge in [0.05, 0.1) is 11.8 Å². The molecule has 0 aromatic rings. The minimum Gasteiger partial charge on any atom is -0.481 e. The van der Waals surface area contributed by atoms with Crippen LogP contribution in [0.1, 0.15) is 26.2 Å². The van der Waals surface area contributed by atoms with Gasteiger partial charge in [0.15, 0.2) is 0 Å². The zero-order valence-electron chi connectivity index (χ0n) is 10.6. The van der Waals surface area contributed by atoms with Crippen molar-refractivity contribution in [1.29, 1.82) is 0 Å². The Hall–Kier alpha value is -1.10. The third-order valence-electron chi connectivity index (χ3n) is 4.86. The van der Waals surface area contributed by atoms with Crippen LogP contribution in [0.25, 0.3) is 0 Å². The van der Waals surface area contributed by atoms with Gasteiger partial charge in [-0.1, -0.05) is 6.92 Å². The molecule has 2 bridgehead atoms. The van der Waals surface area contributed by atoms with Crippen LogP contribution in [0, 0.1) is 17.8 Å². The van der Waals surface area contributed by atoms with Gasteiger partial charge in [-0.3, -0.25) is 9.59 Å². The molecule has 2 N–H and O–H groups in total. The highest BCUT2D eigenvalue weighted by Crippen LogP contribution is 2.36. The number of carbonyl (C=O) groups is 2. The molecule has 0 saturated carbocycles. The molecule has 0 aliphatic carbocycles. The van der Waals surface area contributed by atoms with Crippen LogP contribution in [0.4, 0.5) is 0 Å². The fourth-order valence-electron chi connectivity index (χ4n) is 3.80. The molecule has 3 unspecified atom stereocenters. The lowest BCUT2D eigenvalue weighted by Gasteiger charge is -2.25. The molecule has 0 spiro atoms. The van der Waals surface area contributed by atoms with Gasteiger partial charge in [-0.05, 0) is 25.2 Å². The third-order valence-corrected chi connectivity index (χ3v) is 4.86. The van der Waals surface area contributed by atoms with E-state index >= 15 is 0 Å². The van der Waals surface area contributed by atoms with Crippen molar-refractivity contribution in [2.75, 3.05) is 13.1 Å². The predicted octanol–water partition coefficient (Wildman–Crippen LogP) is 0.306. The molecule has 3 aliphatic heterocycles. The van der Waals surface area contributed by atoms with E-state index in [1.54, 1.807) is 4.90 Å². The summed E-state index contributed by atoms with van der Waals surface area (Å²) >= 11 is 0. The molecule has 1 amide bonds. The molecule has 18 heavy (non-hydrogen) atoms. The second kappa shape index (κ2) is 4.23. The van der Waals surface area contributed by atoms with E-state index in [0.717, 1.165) is 12.8 Å². The van der Waals surface area contributed by atoms with Crippen LogP contribution < -0.4 is 5.32 Å². The van der Waals surface area contributed by atoms with Crippen molar-refractivity contribution in [3.63, 3.8) is 0 Å². The molecule has 3 aliphatic rings. The highest BCUT2D eigenvalue weighted by atomic mass is 16.4. The predicted molar refractivity (Wildman–Crippen MR) is 64.9 cm³/mol. The molecule has 100 valence electrons. The number of amides is 1. The Kier molecular flexibility index (Phi) is 2.81. The first-order chi connectivity index (χ1) is 8.56. The molecular formula is C13H20N2O3. The van der Waals surface area contributed by atoms with E-state index in [-0.39, 0.29) is 23.7 Å². The normalized spacial score (nSPS) is 42.5. The van der Waals surface area contributed by atoms with Gasteiger partial charge in [0.1, 0.15) is 0 Å². The van der Waals surface area contributed by atoms with E-state index in [9.17, 15) is 9.59 Å². The van der Waals surface area contributed by atoms with E-state index < -0.39 is 5.97 Å². The maximum absolute atomic E-state index is 12.4. The van der Waals surface area contributed by atoms with Crippen LogP contribution >= 0.6 is 0 Å². The lowest BCUT2D eigenvalue weighted by atomic mass is 9.88. The number of carboxylic acids is 1. The summed E-state index contributed by atoms with van der Waals surface area (Å²) in [5.74, 6) is -0.837. The van der Waals surface area contributed by atoms with Crippen LogP contribution in [0.15, 0.2) is 0 Å². The Morgan fingerprint density at radius 1 is 1.22 bits per heavy atom. The highest BCUT2D eigenvalue weighted by molar-refractivity contribution is 5.82. The van der Waals surface area contributed by atoms with Crippen LogP contribution in [0.5, 0.6) is 0 Å². The number of rotatable bonds is 2. The molecule has 0 aromatic heterocycles. The number of aliphatic carboxylic acids is 1. The maximum Gasteiger partial charge on any atom is 0.308 e. The molecular weight excluding hydrogens is 232 g/mol. The number of hydrogen-bond donors (Lipinski definition) is 2. The van der Waals surface area contributed by atoms with E-state index in [0.29, 0.717) is 25.2 Å². The second-order valence-electron chi connectivity index (χ2n) is 6.05. The minimum atomic E-state index is -0.774. The summed E-state index contributed by atoms with van der Waals surface area (Å²) < 4.78 is 0. The van der Waals surface area contributed by atoms with E-state index in [4.69, 9.17) is 5.11 Å². The summed E-state index contributed by atoms with van der Waals surface area (Å²) in [7, 11) is 0. The highest BCUT2D eigenvalue weighted by Gasteiger charge is 2.46. The fraction of sp³-hybridized carbons (Fsp3) is 0.846. The first-order valence-corrected chi connectivity index (χ1v) is 6.84. The molecule has 0 aromatic carbocycles. The maximum atomic E-state index is 12.4. The Morgan fingerprint density at radius 2 is 2.00 bits per heavy atom. The molecule has 5 atom stereocenters. The van der Waals surface area contributed by atoms with Crippen molar-refractivity contribution < 1.29 is 14.7 Å². The van der Waals surface area contributed by atoms with Gasteiger partial charge >= 0.3 is 5.97 Å². The van der Waals surface area contributed by atoms with Gasteiger partial charge in [0, 0.05) is 25.2 Å². The van der Waals surface area contributed by atoms with Crippen molar-refractivity contribution in [3.05, 3.63) is 0 Å². The molecule has 5 heteroatoms. The van der Waals surface area contributed by atoms with Crippen LogP contribution in [-0.2, 0) is 9.59 Å². The van der Waals surface area contributed by atoms with Crippen molar-refractivity contribution in [1.82, 2.24) is 10.2 Å². The van der Waals surface area contributed by atoms with Crippen molar-refractivity contribution in [2.45, 2.75) is 38.3 Å². The number of likely N-dealkylation sites (tertiary alicyclic amines) is 1. The molecule has 3 fully saturated rings. The zero-order chi connectivity index (χ0) is 12.9. The first kappa shape index (κ1) is 12.0. The summed E-state index contributed by atoms with van der Waals surface area (Å²) in [5.41, 5.74) is 0. The zero-order valence-corrected chi connectivity index (χ0v) is 10.6. The van der Waals surface area contributed by atoms with Crippen LogP contribution in [0.3, 0.4) is 0 Å². The molecule has 3 heterocycles. The number of carbonyl (C=O) groups excluding carboxylic acids is 1. The summed E-state index contributed by atoms with van der Waals surface area (Å²) in [6, 6.07) is 0.848. The van der Waals surface area contributed by atoms with Gasteiger partial charge in [0.2, 0.25) is 5.91 Å². The first-order valence-electron chi connectivity index (χ1n) is 6.84. The van der Waals surface area contributed by atoms with E-state index in [1.165, 1.54) is 6.42 Å². The largest absolute Gasteiger partial charge is 0.481 e. The van der Waals surface area contributed by atoms with Gasteiger partial charge in [0.25, 0.3) is 0 Å². The lowest BCUT2D eigenvalue weighted by molar-refractivity contribution is -0.142. The van der Waals surface area contributed by atoms with Gasteiger partial charge in [-0.25, -0.2) is 0 Å². The van der Waals surface area contributed by atoms with Crippen molar-refractivity contribution in [3.8, 4) is 0 Å². The second-order valence-corrected chi connectivity index (χ2v) is 6.05. The topological polar surface area (TPSA) is 69.6 Å². The number of nitrogens with one attached hydrogen (secondary N) is 1. The monoisotopic (exact) mass is 252 g/mol. The standard InChI is InChI=1S/C13H20N2O3/c1-7-5-15(6-10(7)13(17)18)12(16)9-4-8-2-3-11(9)14-8/h7-11,14H,2-6H2,1H3,(H,17,18)/t7-,8?,9?,10-,11?/m1/s1. The number of nitrogens with zero attached hydrogens (tertiary/aromatic N) is 1. The Bertz CT molecular complexity index is 384. The number of hydrogen-bond acceptors (Lipinski definition) is 3. The van der Waals surface area contributed by atoms with E-state index in [1.807, 2.05) is 6.92 Å². The average Bonchev–Trinajstić information content (AvgIpc) is 3.01. The number of carboxylic acid groups (broad SMARTS) is 1. The Labute approximate surface area is 107 Å². The lowest BCUT2D eigenvalue weighted by Crippen LogP contribution is -2.40. The summed E-state index contributed by atoms with van der Waals surface area (Å²) in [5, 5.41) is 12.6. The summed E-state index contributed by atoms with van der Waals surface area (Å²) in [6.07, 6.45) is 3.21. The van der Waals surface area contributed by atoms with Gasteiger partial charge in [-0.2, -0.15) is 0 Å². The quantitative estimate of drug-likeness (QED) is 0.742. The molecule has 3 saturated heterocycles. The van der Waals surface area contributed by atoms with E-state index in [2.05, 4.69) is 5.32 Å². The minimum absolute atomic E-state index is 0.0676. The smallest absolute Gasteiger partial charge is 0.308 e. The third kappa shape index (κ3) is 1.81. The fourth-order valence-corrected chi connectivity index (χ4v) is 3.80. The summed E-state index contributed by atoms with van der Waals surface area (Å²) in [4.78, 5) is 25.3. The average molecular weight is 252 g/mol. The van der Waals surface area contributed by atoms with Crippen LogP contribution in [-0.4, -0.2) is 47.1 Å². The van der Waals surface area contributed by atoms with Gasteiger partial charge in [-0.15, -0.1) is 0 Å². The molecule has 3 rings (SSSR count). The number of fused-ring (bicyclic) bond motifs is 2. The SMILES string of the molecule is C[C@@H]1CN(C(=O)C2CC3CCC2N3)C[C@H]1C(=O)O. The van der Waals surface area contributed by atoms with Crippen molar-refractivity contribution >= 4 is 11.9 Å². The Morgan fingerprint density at radius 3 is 2.50 bits per heavy atom. The van der Waals surface area contributed by atoms with Crippen LogP contribution in [0.2, 0.25) is 0 Å².